The van der Waals surface area contributed by atoms with Gasteiger partial charge in [0.05, 0.1) is 16.8 Å². The molecule has 1 N–H and O–H groups in total. The molecule has 0 fully saturated rings. The number of nitro benzene ring substituents is 1. The van der Waals surface area contributed by atoms with Crippen LogP contribution in [-0.2, 0) is 0 Å². The number of aryl methyl sites for hydroxylation is 1. The number of non-ortho nitro benzene ring substituents is 1. The Morgan fingerprint density at radius 3 is 2.79 bits per heavy atom. The number of nitrogens with one attached hydrogen (secondary N) is 1. The summed E-state index contributed by atoms with van der Waals surface area (Å²) in [5.41, 5.74) is 6.67. The lowest BCUT2D eigenvalue weighted by Gasteiger charge is -1.97. The molecule has 0 aliphatic rings. The van der Waals surface area contributed by atoms with E-state index in [0.717, 1.165) is 11.3 Å². The van der Waals surface area contributed by atoms with Crippen LogP contribution in [0, 0.1) is 17.0 Å². The molecule has 0 aliphatic carbocycles. The standard InChI is InChI=1S/C17H14N4O2S/c1-12-5-7-14(8-6-12)16-11-24-17(19-16)20-18-10-13-3-2-4-15(9-13)21(22)23/h2-11H,1H3,(H,19,20)/b18-10-. The monoisotopic (exact) mass is 338 g/mol. The molecule has 0 aliphatic heterocycles. The minimum Gasteiger partial charge on any atom is -0.258 e. The molecule has 7 heteroatoms. The van der Waals surface area contributed by atoms with Gasteiger partial charge in [-0.25, -0.2) is 4.98 Å². The van der Waals surface area contributed by atoms with Crippen LogP contribution in [0.5, 0.6) is 0 Å². The van der Waals surface area contributed by atoms with Gasteiger partial charge in [-0.15, -0.1) is 11.3 Å². The fraction of sp³-hybridized carbons (Fsp3) is 0.0588. The number of aromatic nitrogens is 1. The number of hydrazone groups is 1. The number of rotatable bonds is 5. The highest BCUT2D eigenvalue weighted by molar-refractivity contribution is 7.14. The molecule has 0 saturated carbocycles. The first-order chi connectivity index (χ1) is 11.6. The van der Waals surface area contributed by atoms with Gasteiger partial charge in [-0.3, -0.25) is 15.5 Å². The van der Waals surface area contributed by atoms with E-state index < -0.39 is 4.92 Å². The van der Waals surface area contributed by atoms with E-state index in [0.29, 0.717) is 10.7 Å². The molecule has 0 bridgehead atoms. The molecule has 1 aromatic heterocycles. The Labute approximate surface area is 142 Å². The predicted octanol–water partition coefficient (Wildman–Crippen LogP) is 4.47. The Morgan fingerprint density at radius 2 is 2.04 bits per heavy atom. The highest BCUT2D eigenvalue weighted by atomic mass is 32.1. The third kappa shape index (κ3) is 3.82. The maximum atomic E-state index is 10.7. The van der Waals surface area contributed by atoms with Crippen LogP contribution in [-0.4, -0.2) is 16.1 Å². The Hall–Kier alpha value is -3.06. The van der Waals surface area contributed by atoms with Gasteiger partial charge in [-0.2, -0.15) is 5.10 Å². The average Bonchev–Trinajstić information content (AvgIpc) is 3.05. The van der Waals surface area contributed by atoms with Crippen molar-refractivity contribution in [1.29, 1.82) is 0 Å². The SMILES string of the molecule is Cc1ccc(-c2csc(N/N=C\c3cccc([N+](=O)[O-])c3)n2)cc1. The number of nitro groups is 1. The number of benzene rings is 2. The van der Waals surface area contributed by atoms with Gasteiger partial charge in [0.2, 0.25) is 5.13 Å². The van der Waals surface area contributed by atoms with Gasteiger partial charge in [-0.1, -0.05) is 42.0 Å². The lowest BCUT2D eigenvalue weighted by molar-refractivity contribution is -0.384. The fourth-order valence-electron chi connectivity index (χ4n) is 2.06. The minimum absolute atomic E-state index is 0.0369. The topological polar surface area (TPSA) is 80.4 Å². The van der Waals surface area contributed by atoms with Crippen molar-refractivity contribution in [2.45, 2.75) is 6.92 Å². The van der Waals surface area contributed by atoms with Crippen LogP contribution in [0.15, 0.2) is 59.0 Å². The zero-order valence-electron chi connectivity index (χ0n) is 12.8. The summed E-state index contributed by atoms with van der Waals surface area (Å²) >= 11 is 1.45. The lowest BCUT2D eigenvalue weighted by Crippen LogP contribution is -1.92. The van der Waals surface area contributed by atoms with Crippen LogP contribution >= 0.6 is 11.3 Å². The van der Waals surface area contributed by atoms with Crippen molar-refractivity contribution in [3.63, 3.8) is 0 Å². The summed E-state index contributed by atoms with van der Waals surface area (Å²) in [6.07, 6.45) is 1.53. The molecule has 0 amide bonds. The van der Waals surface area contributed by atoms with E-state index in [1.54, 1.807) is 12.1 Å². The summed E-state index contributed by atoms with van der Waals surface area (Å²) in [5.74, 6) is 0. The molecule has 0 saturated heterocycles. The summed E-state index contributed by atoms with van der Waals surface area (Å²) in [6, 6.07) is 14.4. The smallest absolute Gasteiger partial charge is 0.258 e. The normalized spacial score (nSPS) is 10.9. The fourth-order valence-corrected chi connectivity index (χ4v) is 2.73. The summed E-state index contributed by atoms with van der Waals surface area (Å²) < 4.78 is 0. The van der Waals surface area contributed by atoms with Crippen molar-refractivity contribution >= 4 is 28.4 Å². The van der Waals surface area contributed by atoms with E-state index in [1.165, 1.54) is 35.2 Å². The number of hydrogen-bond donors (Lipinski definition) is 1. The molecule has 0 radical (unpaired) electrons. The van der Waals surface area contributed by atoms with Crippen LogP contribution in [0.2, 0.25) is 0 Å². The van der Waals surface area contributed by atoms with Crippen molar-refractivity contribution < 1.29 is 4.92 Å². The lowest BCUT2D eigenvalue weighted by atomic mass is 10.1. The molecule has 0 unspecified atom stereocenters. The van der Waals surface area contributed by atoms with Crippen molar-refractivity contribution in [1.82, 2.24) is 4.98 Å². The Bertz CT molecular complexity index is 888. The summed E-state index contributed by atoms with van der Waals surface area (Å²) in [7, 11) is 0. The van der Waals surface area contributed by atoms with E-state index in [9.17, 15) is 10.1 Å². The van der Waals surface area contributed by atoms with Crippen LogP contribution in [0.1, 0.15) is 11.1 Å². The number of nitrogens with zero attached hydrogens (tertiary/aromatic N) is 3. The molecule has 120 valence electrons. The van der Waals surface area contributed by atoms with Gasteiger partial charge in [0, 0.05) is 28.6 Å². The largest absolute Gasteiger partial charge is 0.270 e. The van der Waals surface area contributed by atoms with Crippen LogP contribution < -0.4 is 5.43 Å². The number of thiazole rings is 1. The summed E-state index contributed by atoms with van der Waals surface area (Å²) in [5, 5.41) is 17.4. The zero-order chi connectivity index (χ0) is 16.9. The maximum Gasteiger partial charge on any atom is 0.270 e. The molecule has 0 spiro atoms. The highest BCUT2D eigenvalue weighted by Crippen LogP contribution is 2.25. The van der Waals surface area contributed by atoms with Crippen molar-refractivity contribution in [2.75, 3.05) is 5.43 Å². The number of anilines is 1. The molecular weight excluding hydrogens is 324 g/mol. The molecule has 24 heavy (non-hydrogen) atoms. The van der Waals surface area contributed by atoms with E-state index in [1.807, 2.05) is 36.6 Å². The van der Waals surface area contributed by atoms with Gasteiger partial charge in [0.25, 0.3) is 5.69 Å². The van der Waals surface area contributed by atoms with Crippen molar-refractivity contribution in [3.8, 4) is 11.3 Å². The second kappa shape index (κ2) is 7.01. The molecule has 3 rings (SSSR count). The zero-order valence-corrected chi connectivity index (χ0v) is 13.7. The third-order valence-corrected chi connectivity index (χ3v) is 4.05. The molecule has 3 aromatic rings. The Morgan fingerprint density at radius 1 is 1.25 bits per heavy atom. The Balaban J connectivity index is 1.68. The third-order valence-electron chi connectivity index (χ3n) is 3.31. The average molecular weight is 338 g/mol. The van der Waals surface area contributed by atoms with Gasteiger partial charge < -0.3 is 0 Å². The van der Waals surface area contributed by atoms with E-state index >= 15 is 0 Å². The summed E-state index contributed by atoms with van der Waals surface area (Å²) in [4.78, 5) is 14.8. The predicted molar refractivity (Wildman–Crippen MR) is 96.6 cm³/mol. The van der Waals surface area contributed by atoms with E-state index in [-0.39, 0.29) is 5.69 Å². The second-order valence-electron chi connectivity index (χ2n) is 5.13. The van der Waals surface area contributed by atoms with Crippen LogP contribution in [0.4, 0.5) is 10.8 Å². The molecule has 1 heterocycles. The number of hydrogen-bond acceptors (Lipinski definition) is 6. The minimum atomic E-state index is -0.431. The van der Waals surface area contributed by atoms with Crippen molar-refractivity contribution in [2.24, 2.45) is 5.10 Å². The van der Waals surface area contributed by atoms with Gasteiger partial charge in [0.15, 0.2) is 0 Å². The second-order valence-corrected chi connectivity index (χ2v) is 5.98. The van der Waals surface area contributed by atoms with E-state index in [4.69, 9.17) is 0 Å². The van der Waals surface area contributed by atoms with Crippen molar-refractivity contribution in [3.05, 3.63) is 75.2 Å². The quantitative estimate of drug-likeness (QED) is 0.423. The van der Waals surface area contributed by atoms with Gasteiger partial charge in [0.1, 0.15) is 0 Å². The first-order valence-electron chi connectivity index (χ1n) is 7.18. The molecule has 2 aromatic carbocycles. The van der Waals surface area contributed by atoms with Crippen LogP contribution in [0.25, 0.3) is 11.3 Å². The maximum absolute atomic E-state index is 10.7. The molecule has 0 atom stereocenters. The van der Waals surface area contributed by atoms with Gasteiger partial charge >= 0.3 is 0 Å². The molecular formula is C17H14N4O2S. The Kier molecular flexibility index (Phi) is 4.62. The van der Waals surface area contributed by atoms with Gasteiger partial charge in [-0.05, 0) is 6.92 Å². The molecule has 6 nitrogen and oxygen atoms in total. The highest BCUT2D eigenvalue weighted by Gasteiger charge is 2.05. The first kappa shape index (κ1) is 15.8. The van der Waals surface area contributed by atoms with Crippen LogP contribution in [0.3, 0.4) is 0 Å². The summed E-state index contributed by atoms with van der Waals surface area (Å²) in [6.45, 7) is 2.04. The van der Waals surface area contributed by atoms with E-state index in [2.05, 4.69) is 15.5 Å². The first-order valence-corrected chi connectivity index (χ1v) is 8.06.